The van der Waals surface area contributed by atoms with E-state index in [2.05, 4.69) is 10.6 Å². The fraction of sp³-hybridized carbons (Fsp3) is 0.559. The number of hydrogen-bond acceptors (Lipinski definition) is 7. The van der Waals surface area contributed by atoms with Crippen molar-refractivity contribution < 1.29 is 28.7 Å². The number of benzene rings is 1. The van der Waals surface area contributed by atoms with Gasteiger partial charge in [0.2, 0.25) is 17.7 Å². The average Bonchev–Trinajstić information content (AvgIpc) is 3.60. The van der Waals surface area contributed by atoms with Crippen LogP contribution in [0.25, 0.3) is 0 Å². The lowest BCUT2D eigenvalue weighted by atomic mass is 9.85. The number of nitrogens with zero attached hydrogens (tertiary/aromatic N) is 2. The molecule has 3 heterocycles. The first kappa shape index (κ1) is 34.1. The Morgan fingerprint density at radius 2 is 1.80 bits per heavy atom. The minimum Gasteiger partial charge on any atom is -0.444 e. The Morgan fingerprint density at radius 1 is 1.07 bits per heavy atom. The van der Waals surface area contributed by atoms with Crippen molar-refractivity contribution in [3.63, 3.8) is 0 Å². The molecule has 0 saturated carbocycles. The van der Waals surface area contributed by atoms with Crippen LogP contribution in [-0.2, 0) is 36.9 Å². The zero-order chi connectivity index (χ0) is 33.1. The smallest absolute Gasteiger partial charge is 0.408 e. The number of Topliss-reactive ketones (excluding diaryl/α,β-unsaturated/α-hetero) is 1. The van der Waals surface area contributed by atoms with Gasteiger partial charge in [-0.25, -0.2) is 4.79 Å². The molecule has 4 amide bonds. The van der Waals surface area contributed by atoms with Crippen molar-refractivity contribution in [1.82, 2.24) is 10.6 Å². The zero-order valence-corrected chi connectivity index (χ0v) is 28.2. The van der Waals surface area contributed by atoms with Crippen molar-refractivity contribution in [1.29, 1.82) is 0 Å². The molecule has 1 aromatic carbocycles. The van der Waals surface area contributed by atoms with Crippen molar-refractivity contribution in [3.05, 3.63) is 46.2 Å². The Bertz CT molecular complexity index is 1430. The molecule has 10 nitrogen and oxygen atoms in total. The second kappa shape index (κ2) is 13.7. The quantitative estimate of drug-likeness (QED) is 0.341. The highest BCUT2D eigenvalue weighted by molar-refractivity contribution is 7.09. The Labute approximate surface area is 269 Å². The molecular weight excluding hydrogens is 592 g/mol. The van der Waals surface area contributed by atoms with Gasteiger partial charge in [-0.2, -0.15) is 0 Å². The number of carbonyl (C=O) groups excluding carboxylic acids is 5. The van der Waals surface area contributed by atoms with Crippen molar-refractivity contribution in [3.8, 4) is 0 Å². The van der Waals surface area contributed by atoms with Crippen LogP contribution in [0.15, 0.2) is 35.7 Å². The van der Waals surface area contributed by atoms with Gasteiger partial charge in [0.15, 0.2) is 5.78 Å². The van der Waals surface area contributed by atoms with E-state index >= 15 is 0 Å². The summed E-state index contributed by atoms with van der Waals surface area (Å²) in [6.07, 6.45) is 1.19. The number of fused-ring (bicyclic) bond motifs is 1. The van der Waals surface area contributed by atoms with E-state index in [1.165, 1.54) is 0 Å². The van der Waals surface area contributed by atoms with Crippen molar-refractivity contribution in [2.24, 2.45) is 11.8 Å². The van der Waals surface area contributed by atoms with Crippen molar-refractivity contribution in [2.75, 3.05) is 16.3 Å². The molecule has 2 N–H and O–H groups in total. The van der Waals surface area contributed by atoms with Crippen LogP contribution in [0.5, 0.6) is 0 Å². The molecule has 0 bridgehead atoms. The van der Waals surface area contributed by atoms with E-state index in [1.807, 2.05) is 49.6 Å². The molecule has 1 fully saturated rings. The van der Waals surface area contributed by atoms with Crippen molar-refractivity contribution in [2.45, 2.75) is 104 Å². The number of amides is 4. The Kier molecular flexibility index (Phi) is 10.4. The molecule has 2 aliphatic heterocycles. The summed E-state index contributed by atoms with van der Waals surface area (Å²) >= 11 is 1.55. The van der Waals surface area contributed by atoms with E-state index in [4.69, 9.17) is 4.74 Å². The number of carbonyl (C=O) groups is 5. The van der Waals surface area contributed by atoms with Gasteiger partial charge in [-0.15, -0.1) is 11.3 Å². The predicted octanol–water partition coefficient (Wildman–Crippen LogP) is 5.37. The maximum atomic E-state index is 14.2. The third-order valence-corrected chi connectivity index (χ3v) is 8.80. The fourth-order valence-corrected chi connectivity index (χ4v) is 6.51. The summed E-state index contributed by atoms with van der Waals surface area (Å²) in [7, 11) is 0. The Morgan fingerprint density at radius 3 is 2.40 bits per heavy atom. The molecule has 1 unspecified atom stereocenters. The standard InChI is InChI=1S/C34H46N4O6S/c1-21(2)17-25(35-31(42)34(6,7)36-32(43)44-33(3,4)5)27(39)19-23-18-22-11-8-13-26(37-15-9-14-28(37)40)29(22)38(30(23)41)20-24-12-10-16-45-24/h8,10-13,16,21,23,25H,9,14-15,17-20H2,1-7H3,(H,35,42)(H,36,43)/t23?,25-/m1/s1. The first-order chi connectivity index (χ1) is 21.1. The minimum atomic E-state index is -1.35. The van der Waals surface area contributed by atoms with E-state index < -0.39 is 35.1 Å². The highest BCUT2D eigenvalue weighted by atomic mass is 32.1. The third kappa shape index (κ3) is 8.51. The normalized spacial score (nSPS) is 17.7. The second-order valence-electron chi connectivity index (χ2n) is 13.9. The van der Waals surface area contributed by atoms with Gasteiger partial charge in [-0.1, -0.05) is 32.0 Å². The summed E-state index contributed by atoms with van der Waals surface area (Å²) < 4.78 is 5.32. The van der Waals surface area contributed by atoms with Crippen LogP contribution in [0.2, 0.25) is 0 Å². The lowest BCUT2D eigenvalue weighted by Crippen LogP contribution is -2.58. The van der Waals surface area contributed by atoms with E-state index in [0.29, 0.717) is 32.4 Å². The Balaban J connectivity index is 1.57. The number of hydrogen-bond donors (Lipinski definition) is 2. The van der Waals surface area contributed by atoms with E-state index in [9.17, 15) is 24.0 Å². The van der Waals surface area contributed by atoms with Gasteiger partial charge in [0.25, 0.3) is 0 Å². The number of thiophene rings is 1. The van der Waals surface area contributed by atoms with Gasteiger partial charge in [0.1, 0.15) is 11.1 Å². The molecule has 244 valence electrons. The maximum absolute atomic E-state index is 14.2. The molecule has 0 spiro atoms. The van der Waals surface area contributed by atoms with Gasteiger partial charge in [0.05, 0.1) is 24.0 Å². The molecule has 1 saturated heterocycles. The largest absolute Gasteiger partial charge is 0.444 e. The van der Waals surface area contributed by atoms with E-state index in [1.54, 1.807) is 55.8 Å². The molecule has 0 radical (unpaired) electrons. The van der Waals surface area contributed by atoms with Crippen molar-refractivity contribution >= 4 is 52.3 Å². The van der Waals surface area contributed by atoms with Crippen LogP contribution < -0.4 is 20.4 Å². The predicted molar refractivity (Wildman–Crippen MR) is 175 cm³/mol. The molecule has 45 heavy (non-hydrogen) atoms. The lowest BCUT2D eigenvalue weighted by molar-refractivity contribution is -0.133. The Hall–Kier alpha value is -3.73. The zero-order valence-electron chi connectivity index (χ0n) is 27.4. The number of para-hydroxylation sites is 1. The van der Waals surface area contributed by atoms with Crippen LogP contribution in [-0.4, -0.2) is 53.3 Å². The lowest BCUT2D eigenvalue weighted by Gasteiger charge is -2.37. The highest BCUT2D eigenvalue weighted by Gasteiger charge is 2.40. The average molecular weight is 639 g/mol. The van der Waals surface area contributed by atoms with Crippen LogP contribution in [0, 0.1) is 11.8 Å². The first-order valence-electron chi connectivity index (χ1n) is 15.7. The molecule has 2 aliphatic rings. The fourth-order valence-electron chi connectivity index (χ4n) is 5.81. The molecule has 1 aromatic heterocycles. The summed E-state index contributed by atoms with van der Waals surface area (Å²) in [6, 6.07) is 8.82. The third-order valence-electron chi connectivity index (χ3n) is 7.94. The molecule has 2 atom stereocenters. The molecular formula is C34H46N4O6S. The van der Waals surface area contributed by atoms with Crippen LogP contribution in [0.1, 0.15) is 84.6 Å². The molecule has 11 heteroatoms. The number of rotatable bonds is 11. The van der Waals surface area contributed by atoms with Gasteiger partial charge in [0, 0.05) is 30.2 Å². The van der Waals surface area contributed by atoms with Gasteiger partial charge >= 0.3 is 6.09 Å². The number of nitrogens with one attached hydrogen (secondary N) is 2. The summed E-state index contributed by atoms with van der Waals surface area (Å²) in [5.74, 6) is -1.44. The summed E-state index contributed by atoms with van der Waals surface area (Å²) in [6.45, 7) is 13.2. The monoisotopic (exact) mass is 638 g/mol. The number of anilines is 2. The summed E-state index contributed by atoms with van der Waals surface area (Å²) in [5.41, 5.74) is 0.290. The summed E-state index contributed by atoms with van der Waals surface area (Å²) in [5, 5.41) is 7.41. The number of ketones is 1. The topological polar surface area (TPSA) is 125 Å². The van der Waals surface area contributed by atoms with Gasteiger partial charge in [-0.05, 0) is 82.9 Å². The van der Waals surface area contributed by atoms with Gasteiger partial charge < -0.3 is 25.2 Å². The summed E-state index contributed by atoms with van der Waals surface area (Å²) in [4.78, 5) is 71.0. The van der Waals surface area contributed by atoms with E-state index in [0.717, 1.165) is 28.2 Å². The molecule has 0 aliphatic carbocycles. The second-order valence-corrected chi connectivity index (χ2v) is 14.9. The molecule has 2 aromatic rings. The van der Waals surface area contributed by atoms with Crippen LogP contribution in [0.3, 0.4) is 0 Å². The van der Waals surface area contributed by atoms with Crippen LogP contribution >= 0.6 is 11.3 Å². The van der Waals surface area contributed by atoms with Crippen LogP contribution in [0.4, 0.5) is 16.2 Å². The first-order valence-corrected chi connectivity index (χ1v) is 16.5. The SMILES string of the molecule is CC(C)C[C@@H](NC(=O)C(C)(C)NC(=O)OC(C)(C)C)C(=O)CC1Cc2cccc(N3CCCC3=O)c2N(Cc2cccs2)C1=O. The highest BCUT2D eigenvalue weighted by Crippen LogP contribution is 2.42. The maximum Gasteiger partial charge on any atom is 0.408 e. The number of ether oxygens (including phenoxy) is 1. The van der Waals surface area contributed by atoms with Gasteiger partial charge in [-0.3, -0.25) is 19.2 Å². The number of alkyl carbamates (subject to hydrolysis) is 1. The molecule has 4 rings (SSSR count). The van der Waals surface area contributed by atoms with E-state index in [-0.39, 0.29) is 29.9 Å². The minimum absolute atomic E-state index is 0.0422.